The monoisotopic (exact) mass is 252 g/mol. The van der Waals surface area contributed by atoms with E-state index in [1.165, 1.54) is 0 Å². The first-order valence-corrected chi connectivity index (χ1v) is 6.49. The number of nitrogens with zero attached hydrogens (tertiary/aromatic N) is 4. The van der Waals surface area contributed by atoms with Gasteiger partial charge in [-0.15, -0.1) is 5.10 Å². The lowest BCUT2D eigenvalue weighted by Gasteiger charge is -2.17. The van der Waals surface area contributed by atoms with E-state index in [0.29, 0.717) is 11.4 Å². The van der Waals surface area contributed by atoms with Gasteiger partial charge in [0.25, 0.3) is 5.91 Å². The van der Waals surface area contributed by atoms with Crippen LogP contribution in [0.5, 0.6) is 0 Å². The minimum absolute atomic E-state index is 0.119. The topological polar surface area (TPSA) is 69.9 Å². The Bertz CT molecular complexity index is 410. The van der Waals surface area contributed by atoms with Gasteiger partial charge in [0.2, 0.25) is 0 Å². The normalized spacial score (nSPS) is 9.94. The first-order valence-electron chi connectivity index (χ1n) is 5.72. The van der Waals surface area contributed by atoms with Gasteiger partial charge in [0.1, 0.15) is 11.4 Å². The van der Waals surface area contributed by atoms with Crippen LogP contribution >= 0.6 is 11.5 Å². The highest BCUT2D eigenvalue weighted by Crippen LogP contribution is 2.15. The van der Waals surface area contributed by atoms with Crippen LogP contribution < -0.4 is 0 Å². The summed E-state index contributed by atoms with van der Waals surface area (Å²) in [5, 5.41) is 12.7. The zero-order valence-electron chi connectivity index (χ0n) is 10.1. The van der Waals surface area contributed by atoms with Crippen molar-refractivity contribution < 1.29 is 4.79 Å². The van der Waals surface area contributed by atoms with Gasteiger partial charge >= 0.3 is 0 Å². The molecule has 1 aromatic rings. The summed E-state index contributed by atoms with van der Waals surface area (Å²) in [6, 6.07) is 2.02. The SMILES string of the molecule is CCCc1nnsc1C(=O)N(CC#N)CCC. The van der Waals surface area contributed by atoms with E-state index in [0.717, 1.165) is 36.5 Å². The molecule has 1 amide bonds. The van der Waals surface area contributed by atoms with Crippen LogP contribution in [-0.4, -0.2) is 33.5 Å². The van der Waals surface area contributed by atoms with E-state index in [9.17, 15) is 4.79 Å². The van der Waals surface area contributed by atoms with Crippen LogP contribution in [0.4, 0.5) is 0 Å². The fourth-order valence-corrected chi connectivity index (χ4v) is 2.20. The summed E-state index contributed by atoms with van der Waals surface area (Å²) < 4.78 is 3.83. The van der Waals surface area contributed by atoms with Crippen LogP contribution in [-0.2, 0) is 6.42 Å². The molecular weight excluding hydrogens is 236 g/mol. The third kappa shape index (κ3) is 3.49. The van der Waals surface area contributed by atoms with Gasteiger partial charge in [-0.3, -0.25) is 4.79 Å². The first-order chi connectivity index (χ1) is 8.24. The van der Waals surface area contributed by atoms with E-state index < -0.39 is 0 Å². The van der Waals surface area contributed by atoms with Crippen molar-refractivity contribution in [1.82, 2.24) is 14.5 Å². The van der Waals surface area contributed by atoms with Crippen molar-refractivity contribution in [3.8, 4) is 6.07 Å². The Kier molecular flexibility index (Phi) is 5.57. The van der Waals surface area contributed by atoms with Crippen molar-refractivity contribution in [2.24, 2.45) is 0 Å². The smallest absolute Gasteiger partial charge is 0.268 e. The van der Waals surface area contributed by atoms with Crippen molar-refractivity contribution in [2.75, 3.05) is 13.1 Å². The molecule has 0 radical (unpaired) electrons. The van der Waals surface area contributed by atoms with Crippen molar-refractivity contribution in [1.29, 1.82) is 5.26 Å². The number of aromatic nitrogens is 2. The lowest BCUT2D eigenvalue weighted by atomic mass is 10.2. The van der Waals surface area contributed by atoms with Gasteiger partial charge in [-0.2, -0.15) is 5.26 Å². The molecule has 0 aromatic carbocycles. The Labute approximate surface area is 105 Å². The second kappa shape index (κ2) is 6.97. The molecule has 17 heavy (non-hydrogen) atoms. The highest BCUT2D eigenvalue weighted by Gasteiger charge is 2.21. The minimum atomic E-state index is -0.119. The Balaban J connectivity index is 2.85. The molecule has 0 aliphatic carbocycles. The van der Waals surface area contributed by atoms with E-state index in [1.807, 2.05) is 19.9 Å². The van der Waals surface area contributed by atoms with Gasteiger partial charge < -0.3 is 4.90 Å². The molecule has 0 saturated heterocycles. The number of nitriles is 1. The standard InChI is InChI=1S/C11H16N4OS/c1-3-5-9-10(17-14-13-9)11(16)15(7-4-2)8-6-12/h3-5,7-8H2,1-2H3. The Morgan fingerprint density at radius 1 is 1.47 bits per heavy atom. The zero-order valence-corrected chi connectivity index (χ0v) is 11.0. The zero-order chi connectivity index (χ0) is 12.7. The summed E-state index contributed by atoms with van der Waals surface area (Å²) in [6.45, 7) is 4.73. The molecule has 0 atom stereocenters. The third-order valence-corrected chi connectivity index (χ3v) is 3.04. The molecule has 6 heteroatoms. The molecule has 1 rings (SSSR count). The number of amides is 1. The van der Waals surface area contributed by atoms with Gasteiger partial charge in [0, 0.05) is 6.54 Å². The Hall–Kier alpha value is -1.48. The molecule has 0 spiro atoms. The predicted molar refractivity (Wildman–Crippen MR) is 65.7 cm³/mol. The molecule has 0 saturated carbocycles. The van der Waals surface area contributed by atoms with E-state index in [2.05, 4.69) is 9.59 Å². The maximum absolute atomic E-state index is 12.2. The van der Waals surface area contributed by atoms with Gasteiger partial charge in [-0.05, 0) is 24.4 Å². The van der Waals surface area contributed by atoms with Gasteiger partial charge in [-0.25, -0.2) is 0 Å². The Morgan fingerprint density at radius 2 is 2.24 bits per heavy atom. The average Bonchev–Trinajstić information content (AvgIpc) is 2.77. The number of aryl methyl sites for hydroxylation is 1. The molecule has 0 aliphatic heterocycles. The molecule has 0 unspecified atom stereocenters. The maximum atomic E-state index is 12.2. The molecule has 0 fully saturated rings. The van der Waals surface area contributed by atoms with Crippen LogP contribution in [0.3, 0.4) is 0 Å². The summed E-state index contributed by atoms with van der Waals surface area (Å²) in [7, 11) is 0. The van der Waals surface area contributed by atoms with Crippen LogP contribution in [0.25, 0.3) is 0 Å². The lowest BCUT2D eigenvalue weighted by molar-refractivity contribution is 0.0779. The fraction of sp³-hybridized carbons (Fsp3) is 0.636. The average molecular weight is 252 g/mol. The molecule has 0 bridgehead atoms. The highest BCUT2D eigenvalue weighted by atomic mass is 32.1. The van der Waals surface area contributed by atoms with Crippen LogP contribution in [0.2, 0.25) is 0 Å². The molecule has 1 aromatic heterocycles. The maximum Gasteiger partial charge on any atom is 0.268 e. The summed E-state index contributed by atoms with van der Waals surface area (Å²) in [5.74, 6) is -0.119. The number of carbonyl (C=O) groups excluding carboxylic acids is 1. The third-order valence-electron chi connectivity index (χ3n) is 2.28. The largest absolute Gasteiger partial charge is 0.325 e. The van der Waals surface area contributed by atoms with E-state index in [4.69, 9.17) is 5.26 Å². The molecule has 0 N–H and O–H groups in total. The quantitative estimate of drug-likeness (QED) is 0.725. The number of hydrogen-bond donors (Lipinski definition) is 0. The van der Waals surface area contributed by atoms with Gasteiger partial charge in [0.15, 0.2) is 0 Å². The van der Waals surface area contributed by atoms with E-state index in [-0.39, 0.29) is 12.5 Å². The van der Waals surface area contributed by atoms with Crippen molar-refractivity contribution in [3.05, 3.63) is 10.6 Å². The summed E-state index contributed by atoms with van der Waals surface area (Å²) in [6.07, 6.45) is 2.52. The minimum Gasteiger partial charge on any atom is -0.325 e. The molecule has 0 aliphatic rings. The number of hydrogen-bond acceptors (Lipinski definition) is 5. The van der Waals surface area contributed by atoms with Crippen molar-refractivity contribution in [3.63, 3.8) is 0 Å². The van der Waals surface area contributed by atoms with Gasteiger partial charge in [-0.1, -0.05) is 24.8 Å². The number of rotatable bonds is 6. The fourth-order valence-electron chi connectivity index (χ4n) is 1.52. The van der Waals surface area contributed by atoms with E-state index in [1.54, 1.807) is 4.90 Å². The summed E-state index contributed by atoms with van der Waals surface area (Å²) >= 11 is 1.12. The van der Waals surface area contributed by atoms with Crippen LogP contribution in [0.1, 0.15) is 42.1 Å². The highest BCUT2D eigenvalue weighted by molar-refractivity contribution is 7.08. The van der Waals surface area contributed by atoms with Gasteiger partial charge in [0.05, 0.1) is 11.8 Å². The molecule has 1 heterocycles. The Morgan fingerprint density at radius 3 is 2.82 bits per heavy atom. The second-order valence-corrected chi connectivity index (χ2v) is 4.44. The summed E-state index contributed by atoms with van der Waals surface area (Å²) in [5.41, 5.74) is 0.751. The second-order valence-electron chi connectivity index (χ2n) is 3.68. The van der Waals surface area contributed by atoms with Crippen molar-refractivity contribution >= 4 is 17.4 Å². The predicted octanol–water partition coefficient (Wildman–Crippen LogP) is 1.87. The van der Waals surface area contributed by atoms with Crippen molar-refractivity contribution in [2.45, 2.75) is 33.1 Å². The molecule has 5 nitrogen and oxygen atoms in total. The van der Waals surface area contributed by atoms with Crippen LogP contribution in [0, 0.1) is 11.3 Å². The molecular formula is C11H16N4OS. The van der Waals surface area contributed by atoms with Crippen LogP contribution in [0.15, 0.2) is 0 Å². The lowest BCUT2D eigenvalue weighted by Crippen LogP contribution is -2.32. The first kappa shape index (κ1) is 13.6. The summed E-state index contributed by atoms with van der Waals surface area (Å²) in [4.78, 5) is 14.3. The van der Waals surface area contributed by atoms with E-state index >= 15 is 0 Å². The number of carbonyl (C=O) groups is 1. The molecule has 92 valence electrons.